The van der Waals surface area contributed by atoms with Crippen molar-refractivity contribution in [2.24, 2.45) is 16.9 Å². The van der Waals surface area contributed by atoms with E-state index in [0.29, 0.717) is 11.1 Å². The molecule has 4 unspecified atom stereocenters. The number of ether oxygens (including phenoxy) is 2. The lowest BCUT2D eigenvalue weighted by Gasteiger charge is -2.38. The van der Waals surface area contributed by atoms with Gasteiger partial charge in [0.2, 0.25) is 0 Å². The van der Waals surface area contributed by atoms with Crippen molar-refractivity contribution in [3.63, 3.8) is 0 Å². The maximum absolute atomic E-state index is 12.6. The molecular weight excluding hydrogens is 372 g/mol. The van der Waals surface area contributed by atoms with Crippen LogP contribution in [0.15, 0.2) is 29.4 Å². The molecule has 148 valence electrons. The number of carboxylic acids is 2. The van der Waals surface area contributed by atoms with Crippen LogP contribution < -0.4 is 0 Å². The summed E-state index contributed by atoms with van der Waals surface area (Å²) in [6, 6.07) is 5.65. The molecule has 1 aromatic rings. The van der Waals surface area contributed by atoms with E-state index in [0.717, 1.165) is 19.2 Å². The molecule has 2 aliphatic rings. The van der Waals surface area contributed by atoms with Gasteiger partial charge in [-0.15, -0.1) is 0 Å². The van der Waals surface area contributed by atoms with Gasteiger partial charge in [0.05, 0.1) is 38.8 Å². The molecule has 0 saturated carbocycles. The number of benzene rings is 1. The molecule has 2 N–H and O–H groups in total. The zero-order chi connectivity index (χ0) is 20.6. The molecular formula is C18H18N2O8. The highest BCUT2D eigenvalue weighted by Gasteiger charge is 2.70. The molecule has 3 rings (SSSR count). The van der Waals surface area contributed by atoms with E-state index in [-0.39, 0.29) is 0 Å². The second-order valence-corrected chi connectivity index (χ2v) is 6.51. The van der Waals surface area contributed by atoms with Gasteiger partial charge in [-0.05, 0) is 11.1 Å². The quantitative estimate of drug-likeness (QED) is 0.677. The molecule has 0 aromatic heterocycles. The fraction of sp³-hybridized carbons (Fsp3) is 0.389. The van der Waals surface area contributed by atoms with E-state index < -0.39 is 53.7 Å². The van der Waals surface area contributed by atoms with Crippen LogP contribution in [0.25, 0.3) is 0 Å². The minimum absolute atomic E-state index is 0.492. The van der Waals surface area contributed by atoms with Crippen LogP contribution in [0, 0.1) is 11.8 Å². The number of hydrogen-bond acceptors (Lipinski definition) is 8. The Bertz CT molecular complexity index is 882. The van der Waals surface area contributed by atoms with Gasteiger partial charge in [0.25, 0.3) is 0 Å². The van der Waals surface area contributed by atoms with Gasteiger partial charge in [0.15, 0.2) is 5.54 Å². The molecule has 0 spiro atoms. The van der Waals surface area contributed by atoms with Gasteiger partial charge in [-0.3, -0.25) is 19.4 Å². The minimum Gasteiger partial charge on any atom is -0.481 e. The zero-order valence-electron chi connectivity index (χ0n) is 15.1. The Morgan fingerprint density at radius 3 is 2.39 bits per heavy atom. The highest BCUT2D eigenvalue weighted by atomic mass is 16.5. The largest absolute Gasteiger partial charge is 0.481 e. The molecule has 1 fully saturated rings. The first-order valence-corrected chi connectivity index (χ1v) is 8.32. The monoisotopic (exact) mass is 390 g/mol. The normalized spacial score (nSPS) is 27.5. The maximum Gasteiger partial charge on any atom is 0.332 e. The first-order valence-electron chi connectivity index (χ1n) is 8.32. The molecule has 1 saturated heterocycles. The Labute approximate surface area is 159 Å². The third-order valence-corrected chi connectivity index (χ3v) is 5.27. The first-order chi connectivity index (χ1) is 13.3. The Morgan fingerprint density at radius 1 is 1.14 bits per heavy atom. The van der Waals surface area contributed by atoms with Crippen molar-refractivity contribution < 1.29 is 38.9 Å². The predicted octanol–water partition coefficient (Wildman–Crippen LogP) is 0.267. The number of carboxylic acid groups (broad SMARTS) is 2. The number of aliphatic carboxylic acids is 2. The number of carbonyl (C=O) groups excluding carboxylic acids is 2. The van der Waals surface area contributed by atoms with E-state index in [9.17, 15) is 29.4 Å². The van der Waals surface area contributed by atoms with Gasteiger partial charge >= 0.3 is 23.9 Å². The second kappa shape index (κ2) is 6.95. The van der Waals surface area contributed by atoms with Crippen LogP contribution in [-0.4, -0.2) is 65.1 Å². The lowest BCUT2D eigenvalue weighted by molar-refractivity contribution is -0.169. The molecule has 2 heterocycles. The Kier molecular flexibility index (Phi) is 4.80. The van der Waals surface area contributed by atoms with Crippen molar-refractivity contribution in [3.05, 3.63) is 35.4 Å². The van der Waals surface area contributed by atoms with Crippen molar-refractivity contribution in [3.8, 4) is 0 Å². The number of nitrogens with zero attached hydrogens (tertiary/aromatic N) is 2. The van der Waals surface area contributed by atoms with E-state index >= 15 is 0 Å². The average Bonchev–Trinajstić information content (AvgIpc) is 2.99. The van der Waals surface area contributed by atoms with Gasteiger partial charge in [0.1, 0.15) is 5.92 Å². The number of esters is 2. The highest BCUT2D eigenvalue weighted by molar-refractivity contribution is 5.97. The Balaban J connectivity index is 2.31. The fourth-order valence-electron chi connectivity index (χ4n) is 4.08. The zero-order valence-corrected chi connectivity index (χ0v) is 15.1. The molecule has 10 nitrogen and oxygen atoms in total. The van der Waals surface area contributed by atoms with E-state index in [1.54, 1.807) is 24.3 Å². The van der Waals surface area contributed by atoms with Gasteiger partial charge in [-0.25, -0.2) is 4.79 Å². The van der Waals surface area contributed by atoms with Crippen LogP contribution in [0.2, 0.25) is 0 Å². The smallest absolute Gasteiger partial charge is 0.332 e. The minimum atomic E-state index is -2.28. The summed E-state index contributed by atoms with van der Waals surface area (Å²) in [4.78, 5) is 49.2. The highest BCUT2D eigenvalue weighted by Crippen LogP contribution is 2.54. The van der Waals surface area contributed by atoms with Crippen LogP contribution >= 0.6 is 0 Å². The van der Waals surface area contributed by atoms with E-state index in [2.05, 4.69) is 9.84 Å². The third-order valence-electron chi connectivity index (χ3n) is 5.27. The summed E-state index contributed by atoms with van der Waals surface area (Å²) < 4.78 is 9.35. The average molecular weight is 390 g/mol. The molecule has 0 aliphatic carbocycles. The first kappa shape index (κ1) is 19.3. The topological polar surface area (TPSA) is 143 Å². The lowest BCUT2D eigenvalue weighted by atomic mass is 9.75. The Morgan fingerprint density at radius 2 is 1.82 bits per heavy atom. The summed E-state index contributed by atoms with van der Waals surface area (Å²) in [5, 5.41) is 25.2. The number of hydrazone groups is 1. The van der Waals surface area contributed by atoms with Gasteiger partial charge in [-0.1, -0.05) is 24.3 Å². The predicted molar refractivity (Wildman–Crippen MR) is 92.2 cm³/mol. The summed E-state index contributed by atoms with van der Waals surface area (Å²) in [6.45, 7) is 0. The summed E-state index contributed by atoms with van der Waals surface area (Å²) in [5.41, 5.74) is -1.19. The molecule has 2 aliphatic heterocycles. The van der Waals surface area contributed by atoms with Gasteiger partial charge in [0, 0.05) is 0 Å². The molecule has 28 heavy (non-hydrogen) atoms. The molecule has 4 atom stereocenters. The third kappa shape index (κ3) is 2.60. The lowest BCUT2D eigenvalue weighted by Crippen LogP contribution is -2.57. The molecule has 1 aromatic carbocycles. The van der Waals surface area contributed by atoms with Crippen molar-refractivity contribution in [1.29, 1.82) is 0 Å². The number of hydrogen-bond donors (Lipinski definition) is 2. The van der Waals surface area contributed by atoms with Gasteiger partial charge in [-0.2, -0.15) is 5.10 Å². The van der Waals surface area contributed by atoms with Crippen molar-refractivity contribution >= 4 is 30.1 Å². The Hall–Kier alpha value is -3.43. The molecule has 10 heteroatoms. The number of fused-ring (bicyclic) bond motifs is 3. The van der Waals surface area contributed by atoms with Gasteiger partial charge < -0.3 is 19.7 Å². The summed E-state index contributed by atoms with van der Waals surface area (Å²) in [7, 11) is 2.10. The van der Waals surface area contributed by atoms with Crippen molar-refractivity contribution in [2.75, 3.05) is 14.2 Å². The number of methoxy groups -OCH3 is 2. The van der Waals surface area contributed by atoms with E-state index in [1.165, 1.54) is 6.21 Å². The van der Waals surface area contributed by atoms with Crippen molar-refractivity contribution in [1.82, 2.24) is 5.01 Å². The standard InChI is InChI=1S/C18H18N2O8/c1-27-11(21)7-18(17(25)26)13(16(24)28-2)12(15(22)23)14-10-6-4-3-5-9(10)8-19-20(14)18/h3-6,8,12-14H,7H2,1-2H3,(H,22,23)(H,25,26). The van der Waals surface area contributed by atoms with Crippen LogP contribution in [0.4, 0.5) is 0 Å². The fourth-order valence-corrected chi connectivity index (χ4v) is 4.08. The summed E-state index contributed by atoms with van der Waals surface area (Å²) in [5.74, 6) is -8.15. The second-order valence-electron chi connectivity index (χ2n) is 6.51. The van der Waals surface area contributed by atoms with Crippen LogP contribution in [-0.2, 0) is 28.7 Å². The van der Waals surface area contributed by atoms with E-state index in [4.69, 9.17) is 4.74 Å². The number of rotatable bonds is 5. The van der Waals surface area contributed by atoms with Crippen LogP contribution in [0.1, 0.15) is 23.6 Å². The van der Waals surface area contributed by atoms with E-state index in [1.807, 2.05) is 0 Å². The van der Waals surface area contributed by atoms with Crippen LogP contribution in [0.5, 0.6) is 0 Å². The van der Waals surface area contributed by atoms with Crippen LogP contribution in [0.3, 0.4) is 0 Å². The SMILES string of the molecule is COC(=O)CC1(C(=O)O)C(C(=O)OC)C(C(=O)O)C2c3ccccc3C=NN21. The van der Waals surface area contributed by atoms with Crippen molar-refractivity contribution in [2.45, 2.75) is 18.0 Å². The summed E-state index contributed by atoms with van der Waals surface area (Å²) in [6.07, 6.45) is 0.595. The summed E-state index contributed by atoms with van der Waals surface area (Å²) >= 11 is 0. The molecule has 0 bridgehead atoms. The maximum atomic E-state index is 12.6. The molecule has 0 radical (unpaired) electrons. The number of carbonyl (C=O) groups is 4. The molecule has 0 amide bonds.